The van der Waals surface area contributed by atoms with Crippen LogP contribution in [0.15, 0.2) is 23.0 Å². The molecule has 2 heterocycles. The minimum Gasteiger partial charge on any atom is -0.472 e. The summed E-state index contributed by atoms with van der Waals surface area (Å²) in [5.41, 5.74) is -0.425. The van der Waals surface area contributed by atoms with E-state index < -0.39 is 17.1 Å². The molecule has 4 aliphatic rings. The maximum atomic E-state index is 13.0. The van der Waals surface area contributed by atoms with Crippen molar-refractivity contribution >= 4 is 17.9 Å². The van der Waals surface area contributed by atoms with Crippen LogP contribution in [0.3, 0.4) is 0 Å². The van der Waals surface area contributed by atoms with Gasteiger partial charge < -0.3 is 18.6 Å². The van der Waals surface area contributed by atoms with Gasteiger partial charge in [0.25, 0.3) is 0 Å². The van der Waals surface area contributed by atoms with Crippen LogP contribution in [0.2, 0.25) is 0 Å². The lowest BCUT2D eigenvalue weighted by Gasteiger charge is -2.67. The summed E-state index contributed by atoms with van der Waals surface area (Å²) in [6.45, 7) is 13.7. The van der Waals surface area contributed by atoms with Crippen molar-refractivity contribution in [3.63, 3.8) is 0 Å². The molecule has 1 aliphatic heterocycles. The third-order valence-corrected chi connectivity index (χ3v) is 11.3. The Morgan fingerprint density at radius 1 is 0.892 bits per heavy atom. The highest BCUT2D eigenvalue weighted by Gasteiger charge is 2.72. The summed E-state index contributed by atoms with van der Waals surface area (Å²) in [5, 5.41) is 0. The van der Waals surface area contributed by atoms with Crippen LogP contribution in [-0.2, 0) is 28.6 Å². The van der Waals surface area contributed by atoms with Crippen molar-refractivity contribution in [2.24, 2.45) is 34.0 Å². The summed E-state index contributed by atoms with van der Waals surface area (Å²) in [6, 6.07) is 2.09. The van der Waals surface area contributed by atoms with Crippen molar-refractivity contribution in [2.45, 2.75) is 111 Å². The first-order valence-electron chi connectivity index (χ1n) is 13.8. The molecule has 7 heteroatoms. The van der Waals surface area contributed by atoms with E-state index in [9.17, 15) is 14.4 Å². The Labute approximate surface area is 220 Å². The first kappa shape index (κ1) is 26.3. The van der Waals surface area contributed by atoms with Crippen LogP contribution in [0.5, 0.6) is 0 Å². The van der Waals surface area contributed by atoms with Gasteiger partial charge >= 0.3 is 17.9 Å². The Morgan fingerprint density at radius 2 is 1.54 bits per heavy atom. The van der Waals surface area contributed by atoms with Crippen molar-refractivity contribution in [3.8, 4) is 0 Å². The van der Waals surface area contributed by atoms with E-state index in [4.69, 9.17) is 18.6 Å². The van der Waals surface area contributed by atoms with E-state index in [2.05, 4.69) is 26.8 Å². The average Bonchev–Trinajstić information content (AvgIpc) is 3.40. The summed E-state index contributed by atoms with van der Waals surface area (Å²) < 4.78 is 23.7. The highest BCUT2D eigenvalue weighted by molar-refractivity contribution is 5.73. The van der Waals surface area contributed by atoms with Crippen LogP contribution < -0.4 is 0 Å². The van der Waals surface area contributed by atoms with Crippen LogP contribution in [0.1, 0.15) is 98.5 Å². The molecule has 1 aromatic rings. The van der Waals surface area contributed by atoms with Crippen LogP contribution in [0.25, 0.3) is 0 Å². The molecule has 4 fully saturated rings. The number of carbonyl (C=O) groups is 3. The van der Waals surface area contributed by atoms with Gasteiger partial charge in [-0.15, -0.1) is 0 Å². The summed E-state index contributed by atoms with van der Waals surface area (Å²) in [5.74, 6) is -0.428. The number of fused-ring (bicyclic) bond motifs is 5. The van der Waals surface area contributed by atoms with E-state index in [0.717, 1.165) is 25.7 Å². The van der Waals surface area contributed by atoms with Gasteiger partial charge in [-0.05, 0) is 80.8 Å². The molecule has 3 aliphatic carbocycles. The Hall–Kier alpha value is -2.31. The van der Waals surface area contributed by atoms with E-state index in [1.54, 1.807) is 6.26 Å². The van der Waals surface area contributed by atoms with Gasteiger partial charge in [0.1, 0.15) is 17.8 Å². The van der Waals surface area contributed by atoms with Gasteiger partial charge in [-0.25, -0.2) is 0 Å². The van der Waals surface area contributed by atoms with E-state index in [-0.39, 0.29) is 53.1 Å². The van der Waals surface area contributed by atoms with E-state index in [1.807, 2.05) is 20.1 Å². The largest absolute Gasteiger partial charge is 0.472 e. The fourth-order valence-corrected chi connectivity index (χ4v) is 10.0. The lowest BCUT2D eigenvalue weighted by molar-refractivity contribution is -0.257. The Balaban J connectivity index is 1.66. The number of cyclic esters (lactones) is 1. The summed E-state index contributed by atoms with van der Waals surface area (Å²) in [7, 11) is 0. The van der Waals surface area contributed by atoms with Gasteiger partial charge in [-0.1, -0.05) is 20.8 Å². The molecule has 9 atom stereocenters. The molecule has 37 heavy (non-hydrogen) atoms. The first-order chi connectivity index (χ1) is 17.2. The number of ether oxygens (including phenoxy) is 3. The van der Waals surface area contributed by atoms with Gasteiger partial charge in [-0.3, -0.25) is 14.4 Å². The van der Waals surface area contributed by atoms with Crippen LogP contribution >= 0.6 is 0 Å². The Bertz CT molecular complexity index is 1080. The molecule has 0 radical (unpaired) electrons. The van der Waals surface area contributed by atoms with Gasteiger partial charge in [-0.2, -0.15) is 0 Å². The number of rotatable bonds is 3. The van der Waals surface area contributed by atoms with E-state index in [0.29, 0.717) is 18.3 Å². The van der Waals surface area contributed by atoms with Gasteiger partial charge in [0, 0.05) is 30.6 Å². The molecule has 1 saturated heterocycles. The lowest BCUT2D eigenvalue weighted by Crippen LogP contribution is -2.68. The predicted molar refractivity (Wildman–Crippen MR) is 135 cm³/mol. The zero-order chi connectivity index (χ0) is 27.0. The molecule has 0 spiro atoms. The second-order valence-corrected chi connectivity index (χ2v) is 13.3. The van der Waals surface area contributed by atoms with Crippen LogP contribution in [-0.4, -0.2) is 35.7 Å². The van der Waals surface area contributed by atoms with Crippen molar-refractivity contribution in [2.75, 3.05) is 0 Å². The third-order valence-electron chi connectivity index (χ3n) is 11.3. The second-order valence-electron chi connectivity index (χ2n) is 13.3. The van der Waals surface area contributed by atoms with E-state index >= 15 is 0 Å². The van der Waals surface area contributed by atoms with Crippen molar-refractivity contribution in [1.29, 1.82) is 0 Å². The maximum absolute atomic E-state index is 13.0. The lowest BCUT2D eigenvalue weighted by atomic mass is 9.38. The normalized spacial score (nSPS) is 44.5. The van der Waals surface area contributed by atoms with Crippen molar-refractivity contribution in [1.82, 2.24) is 0 Å². The molecule has 0 N–H and O–H groups in total. The summed E-state index contributed by atoms with van der Waals surface area (Å²) in [4.78, 5) is 37.8. The van der Waals surface area contributed by atoms with Crippen LogP contribution in [0.4, 0.5) is 0 Å². The zero-order valence-corrected chi connectivity index (χ0v) is 23.3. The summed E-state index contributed by atoms with van der Waals surface area (Å²) >= 11 is 0. The maximum Gasteiger partial charge on any atom is 0.310 e. The number of hydrogen-bond acceptors (Lipinski definition) is 7. The van der Waals surface area contributed by atoms with Crippen LogP contribution in [0, 0.1) is 34.0 Å². The summed E-state index contributed by atoms with van der Waals surface area (Å²) in [6.07, 6.45) is 7.28. The SMILES string of the molecule is CC(=O)OC1CC(=O)OC(C)(C)C2CC(OC(C)=O)C3(C)C4CCC(c5ccoc5)C4(C)CCC3C12C. The minimum absolute atomic E-state index is 0.0141. The Kier molecular flexibility index (Phi) is 6.12. The molecule has 7 nitrogen and oxygen atoms in total. The quantitative estimate of drug-likeness (QED) is 0.371. The number of carbonyl (C=O) groups excluding carboxylic acids is 3. The number of esters is 3. The first-order valence-corrected chi connectivity index (χ1v) is 13.8. The smallest absolute Gasteiger partial charge is 0.310 e. The standard InChI is InChI=1S/C30H42O7/c1-17(31)35-24-14-23-27(3,4)37-26(33)15-25(36-18(2)32)30(23,7)22-10-12-28(5)20(19-11-13-34-16-19)8-9-21(28)29(22,24)6/h11,13,16,20-25H,8-10,12,14-15H2,1-7H3. The molecule has 5 rings (SSSR count). The second kappa shape index (κ2) is 8.60. The number of hydrogen-bond donors (Lipinski definition) is 0. The molecular formula is C30H42O7. The number of furan rings is 1. The molecule has 3 saturated carbocycles. The topological polar surface area (TPSA) is 92.0 Å². The molecule has 9 unspecified atom stereocenters. The third kappa shape index (κ3) is 3.77. The molecule has 0 amide bonds. The van der Waals surface area contributed by atoms with Crippen molar-refractivity contribution < 1.29 is 33.0 Å². The minimum atomic E-state index is -0.795. The van der Waals surface area contributed by atoms with Gasteiger partial charge in [0.05, 0.1) is 18.9 Å². The van der Waals surface area contributed by atoms with E-state index in [1.165, 1.54) is 19.4 Å². The average molecular weight is 515 g/mol. The van der Waals surface area contributed by atoms with Gasteiger partial charge in [0.2, 0.25) is 0 Å². The van der Waals surface area contributed by atoms with Crippen molar-refractivity contribution in [3.05, 3.63) is 24.2 Å². The fourth-order valence-electron chi connectivity index (χ4n) is 10.0. The Morgan fingerprint density at radius 3 is 2.16 bits per heavy atom. The molecule has 0 bridgehead atoms. The highest BCUT2D eigenvalue weighted by atomic mass is 16.6. The molecule has 0 aromatic carbocycles. The van der Waals surface area contributed by atoms with Gasteiger partial charge in [0.15, 0.2) is 0 Å². The molecule has 1 aromatic heterocycles. The predicted octanol–water partition coefficient (Wildman–Crippen LogP) is 5.81. The zero-order valence-electron chi connectivity index (χ0n) is 23.3. The monoisotopic (exact) mass is 514 g/mol. The fraction of sp³-hybridized carbons (Fsp3) is 0.767. The molecule has 204 valence electrons. The highest BCUT2D eigenvalue weighted by Crippen LogP contribution is 2.74. The molecular weight excluding hydrogens is 472 g/mol.